The van der Waals surface area contributed by atoms with Crippen LogP contribution < -0.4 is 0 Å². The number of hydrogen-bond donors (Lipinski definition) is 0. The molecule has 0 spiro atoms. The van der Waals surface area contributed by atoms with Gasteiger partial charge in [-0.2, -0.15) is 0 Å². The van der Waals surface area contributed by atoms with Gasteiger partial charge in [-0.05, 0) is 11.6 Å². The number of rotatable bonds is 8. The van der Waals surface area contributed by atoms with Crippen LogP contribution in [0.4, 0.5) is 0 Å². The summed E-state index contributed by atoms with van der Waals surface area (Å²) in [6, 6.07) is 9.43. The van der Waals surface area contributed by atoms with Gasteiger partial charge >= 0.3 is 23.9 Å². The summed E-state index contributed by atoms with van der Waals surface area (Å²) in [7, 11) is 0. The van der Waals surface area contributed by atoms with Crippen molar-refractivity contribution in [1.29, 1.82) is 0 Å². The van der Waals surface area contributed by atoms with Crippen LogP contribution in [0.1, 0.15) is 33.3 Å². The fraction of sp³-hybridized carbons (Fsp3) is 0.385. The molecule has 2 aliphatic rings. The minimum absolute atomic E-state index is 0.0836. The predicted molar refractivity (Wildman–Crippen MR) is 143 cm³/mol. The van der Waals surface area contributed by atoms with Crippen LogP contribution in [0.25, 0.3) is 6.08 Å². The van der Waals surface area contributed by atoms with Crippen LogP contribution in [-0.2, 0) is 47.7 Å². The van der Waals surface area contributed by atoms with Gasteiger partial charge in [0.05, 0.1) is 4.91 Å². The molecule has 0 N–H and O–H groups in total. The van der Waals surface area contributed by atoms with Crippen LogP contribution in [-0.4, -0.2) is 76.3 Å². The minimum Gasteiger partial charge on any atom is -0.463 e. The van der Waals surface area contributed by atoms with E-state index in [0.717, 1.165) is 43.0 Å². The molecule has 2 aliphatic heterocycles. The molecule has 39 heavy (non-hydrogen) atoms. The van der Waals surface area contributed by atoms with Gasteiger partial charge in [-0.15, -0.1) is 0 Å². The largest absolute Gasteiger partial charge is 0.463 e. The first kappa shape index (κ1) is 30.0. The van der Waals surface area contributed by atoms with Crippen LogP contribution >= 0.6 is 24.0 Å². The average Bonchev–Trinajstić information content (AvgIpc) is 3.13. The van der Waals surface area contributed by atoms with E-state index < -0.39 is 67.0 Å². The first-order valence-electron chi connectivity index (χ1n) is 11.8. The van der Waals surface area contributed by atoms with E-state index in [0.29, 0.717) is 0 Å². The summed E-state index contributed by atoms with van der Waals surface area (Å²) < 4.78 is 27.5. The number of esters is 4. The molecule has 0 saturated carbocycles. The van der Waals surface area contributed by atoms with Crippen molar-refractivity contribution in [2.24, 2.45) is 0 Å². The van der Waals surface area contributed by atoms with Crippen molar-refractivity contribution in [3.05, 3.63) is 53.0 Å². The van der Waals surface area contributed by atoms with E-state index in [4.69, 9.17) is 35.9 Å². The van der Waals surface area contributed by atoms with Gasteiger partial charge in [0.1, 0.15) is 12.7 Å². The minimum atomic E-state index is -1.44. The number of carbonyl (C=O) groups excluding carboxylic acids is 5. The molecule has 0 bridgehead atoms. The van der Waals surface area contributed by atoms with Gasteiger partial charge in [0.2, 0.25) is 0 Å². The normalized spacial score (nSPS) is 26.0. The highest BCUT2D eigenvalue weighted by Crippen LogP contribution is 2.38. The zero-order valence-electron chi connectivity index (χ0n) is 21.6. The fourth-order valence-corrected chi connectivity index (χ4v) is 5.20. The molecule has 5 atom stereocenters. The molecule has 0 radical (unpaired) electrons. The molecule has 3 rings (SSSR count). The van der Waals surface area contributed by atoms with E-state index >= 15 is 0 Å². The van der Waals surface area contributed by atoms with Gasteiger partial charge in [-0.3, -0.25) is 28.9 Å². The Morgan fingerprint density at radius 3 is 2.10 bits per heavy atom. The molecule has 1 amide bonds. The molecule has 2 saturated heterocycles. The second kappa shape index (κ2) is 13.5. The fourth-order valence-electron chi connectivity index (χ4n) is 3.94. The highest BCUT2D eigenvalue weighted by Gasteiger charge is 2.56. The molecule has 208 valence electrons. The number of allylic oxidation sites excluding steroid dienone is 2. The summed E-state index contributed by atoms with van der Waals surface area (Å²) in [5, 5.41) is 0. The van der Waals surface area contributed by atoms with Crippen molar-refractivity contribution in [3.63, 3.8) is 0 Å². The lowest BCUT2D eigenvalue weighted by atomic mass is 9.96. The zero-order valence-corrected chi connectivity index (χ0v) is 23.2. The zero-order chi connectivity index (χ0) is 28.7. The third-order valence-electron chi connectivity index (χ3n) is 5.38. The molecule has 0 aromatic heterocycles. The van der Waals surface area contributed by atoms with Crippen LogP contribution in [0.2, 0.25) is 0 Å². The van der Waals surface area contributed by atoms with Crippen LogP contribution in [0, 0.1) is 0 Å². The van der Waals surface area contributed by atoms with Crippen molar-refractivity contribution in [3.8, 4) is 0 Å². The topological polar surface area (TPSA) is 135 Å². The SMILES string of the molecule is CC(=O)OC[C@@H]1O[C@H](N2C(=O)/C(=C/C=C\c3ccccc3)SC2=S)[C@H](OC(C)=O)[C@H](OC(C)=O)[C@H]1OC(C)=O. The number of benzene rings is 1. The Balaban J connectivity index is 1.99. The molecule has 2 fully saturated rings. The standard InChI is InChI=1S/C26H27NO10S2/c1-14(28)33-13-19-21(34-15(2)29)22(35-16(3)30)23(36-17(4)31)25(37-19)27-24(32)20(39-26(27)38)12-8-11-18-9-6-5-7-10-18/h5-12,19,21-23,25H,13H2,1-4H3/b11-8-,20-12-/t19-,21-,22+,23+,25-/m0/s1. The highest BCUT2D eigenvalue weighted by atomic mass is 32.2. The Kier molecular flexibility index (Phi) is 10.4. The number of hydrogen-bond acceptors (Lipinski definition) is 12. The molecule has 0 aliphatic carbocycles. The molecule has 13 heteroatoms. The maximum atomic E-state index is 13.5. The molecule has 2 heterocycles. The van der Waals surface area contributed by atoms with Gasteiger partial charge in [0, 0.05) is 27.7 Å². The number of amides is 1. The third kappa shape index (κ3) is 7.97. The van der Waals surface area contributed by atoms with E-state index in [-0.39, 0.29) is 9.23 Å². The first-order valence-corrected chi connectivity index (χ1v) is 13.0. The second-order valence-corrected chi connectivity index (χ2v) is 10.1. The Morgan fingerprint density at radius 1 is 0.923 bits per heavy atom. The lowest BCUT2D eigenvalue weighted by Crippen LogP contribution is -2.66. The molecule has 0 unspecified atom stereocenters. The van der Waals surface area contributed by atoms with E-state index in [1.54, 1.807) is 18.2 Å². The lowest BCUT2D eigenvalue weighted by Gasteiger charge is -2.46. The molecule has 1 aromatic carbocycles. The van der Waals surface area contributed by atoms with Crippen LogP contribution in [0.15, 0.2) is 47.4 Å². The summed E-state index contributed by atoms with van der Waals surface area (Å²) in [6.07, 6.45) is -1.72. The maximum Gasteiger partial charge on any atom is 0.303 e. The van der Waals surface area contributed by atoms with Crippen molar-refractivity contribution < 1.29 is 47.7 Å². The van der Waals surface area contributed by atoms with E-state index in [1.165, 1.54) is 6.92 Å². The summed E-state index contributed by atoms with van der Waals surface area (Å²) in [6.45, 7) is 4.10. The average molecular weight is 578 g/mol. The van der Waals surface area contributed by atoms with E-state index in [2.05, 4.69) is 0 Å². The smallest absolute Gasteiger partial charge is 0.303 e. The number of nitrogens with zero attached hydrogens (tertiary/aromatic N) is 1. The Morgan fingerprint density at radius 2 is 1.51 bits per heavy atom. The molecule has 11 nitrogen and oxygen atoms in total. The van der Waals surface area contributed by atoms with Crippen LogP contribution in [0.3, 0.4) is 0 Å². The van der Waals surface area contributed by atoms with Gasteiger partial charge in [-0.25, -0.2) is 0 Å². The molecular weight excluding hydrogens is 550 g/mol. The Bertz CT molecular complexity index is 1200. The summed E-state index contributed by atoms with van der Waals surface area (Å²) in [5.74, 6) is -3.52. The van der Waals surface area contributed by atoms with E-state index in [9.17, 15) is 24.0 Å². The van der Waals surface area contributed by atoms with Crippen molar-refractivity contribution in [2.75, 3.05) is 6.61 Å². The molecular formula is C26H27NO10S2. The van der Waals surface area contributed by atoms with Gasteiger partial charge in [-0.1, -0.05) is 66.5 Å². The van der Waals surface area contributed by atoms with Gasteiger partial charge < -0.3 is 23.7 Å². The predicted octanol–water partition coefficient (Wildman–Crippen LogP) is 2.53. The van der Waals surface area contributed by atoms with Crippen molar-refractivity contribution >= 4 is 64.2 Å². The number of thiocarbonyl (C=S) groups is 1. The maximum absolute atomic E-state index is 13.5. The Hall–Kier alpha value is -3.55. The van der Waals surface area contributed by atoms with E-state index in [1.807, 2.05) is 30.3 Å². The monoisotopic (exact) mass is 577 g/mol. The number of ether oxygens (including phenoxy) is 5. The summed E-state index contributed by atoms with van der Waals surface area (Å²) >= 11 is 6.46. The summed E-state index contributed by atoms with van der Waals surface area (Å²) in [5.41, 5.74) is 0.920. The number of carbonyl (C=O) groups is 5. The molecule has 1 aromatic rings. The second-order valence-electron chi connectivity index (χ2n) is 8.43. The van der Waals surface area contributed by atoms with Crippen molar-refractivity contribution in [2.45, 2.75) is 58.3 Å². The summed E-state index contributed by atoms with van der Waals surface area (Å²) in [4.78, 5) is 62.4. The number of thioether (sulfide) groups is 1. The highest BCUT2D eigenvalue weighted by molar-refractivity contribution is 8.26. The first-order chi connectivity index (χ1) is 18.5. The third-order valence-corrected chi connectivity index (χ3v) is 6.73. The quantitative estimate of drug-likeness (QED) is 0.194. The Labute approximate surface area is 234 Å². The van der Waals surface area contributed by atoms with Crippen LogP contribution in [0.5, 0.6) is 0 Å². The van der Waals surface area contributed by atoms with Gasteiger partial charge in [0.15, 0.2) is 28.9 Å². The van der Waals surface area contributed by atoms with Crippen molar-refractivity contribution in [1.82, 2.24) is 4.90 Å². The van der Waals surface area contributed by atoms with Gasteiger partial charge in [0.25, 0.3) is 5.91 Å². The lowest BCUT2D eigenvalue weighted by molar-refractivity contribution is -0.268.